The van der Waals surface area contributed by atoms with Crippen LogP contribution >= 0.6 is 23.2 Å². The zero-order valence-electron chi connectivity index (χ0n) is 11.1. The molecule has 2 aromatic rings. The van der Waals surface area contributed by atoms with Crippen LogP contribution in [0.25, 0.3) is 0 Å². The first-order valence-corrected chi connectivity index (χ1v) is 6.95. The average molecular weight is 311 g/mol. The van der Waals surface area contributed by atoms with E-state index >= 15 is 0 Å². The highest BCUT2D eigenvalue weighted by Crippen LogP contribution is 2.29. The van der Waals surface area contributed by atoms with Crippen molar-refractivity contribution < 1.29 is 4.74 Å². The summed E-state index contributed by atoms with van der Waals surface area (Å²) >= 11 is 12.1. The molecule has 0 aliphatic carbocycles. The number of benzene rings is 2. The summed E-state index contributed by atoms with van der Waals surface area (Å²) in [6.45, 7) is 0.411. The molecule has 3 N–H and O–H groups in total. The van der Waals surface area contributed by atoms with Crippen LogP contribution in [0.5, 0.6) is 5.75 Å². The Labute approximate surface area is 128 Å². The fourth-order valence-corrected chi connectivity index (χ4v) is 2.55. The van der Waals surface area contributed by atoms with Gasteiger partial charge in [0.1, 0.15) is 5.75 Å². The average Bonchev–Trinajstić information content (AvgIpc) is 2.44. The predicted octanol–water partition coefficient (Wildman–Crippen LogP) is 4.11. The Morgan fingerprint density at radius 1 is 1.15 bits per heavy atom. The van der Waals surface area contributed by atoms with E-state index in [2.05, 4.69) is 5.32 Å². The van der Waals surface area contributed by atoms with Crippen molar-refractivity contribution in [2.24, 2.45) is 5.73 Å². The molecular weight excluding hydrogens is 295 g/mol. The first-order valence-electron chi connectivity index (χ1n) is 6.19. The summed E-state index contributed by atoms with van der Waals surface area (Å²) < 4.78 is 5.32. The SMILES string of the molecule is COc1ccccc1NC(CN)c1cc(Cl)cc(Cl)c1. The molecule has 3 nitrogen and oxygen atoms in total. The molecule has 0 spiro atoms. The predicted molar refractivity (Wildman–Crippen MR) is 84.9 cm³/mol. The lowest BCUT2D eigenvalue weighted by atomic mass is 10.1. The highest BCUT2D eigenvalue weighted by molar-refractivity contribution is 6.34. The fraction of sp³-hybridized carbons (Fsp3) is 0.200. The minimum atomic E-state index is -0.0949. The molecule has 1 unspecified atom stereocenters. The zero-order chi connectivity index (χ0) is 14.5. The maximum Gasteiger partial charge on any atom is 0.141 e. The quantitative estimate of drug-likeness (QED) is 0.873. The van der Waals surface area contributed by atoms with Gasteiger partial charge in [-0.15, -0.1) is 0 Å². The highest BCUT2D eigenvalue weighted by atomic mass is 35.5. The van der Waals surface area contributed by atoms with Gasteiger partial charge in [0.15, 0.2) is 0 Å². The summed E-state index contributed by atoms with van der Waals surface area (Å²) in [5.74, 6) is 0.763. The highest BCUT2D eigenvalue weighted by Gasteiger charge is 2.13. The van der Waals surface area contributed by atoms with Crippen LogP contribution in [0.15, 0.2) is 42.5 Å². The lowest BCUT2D eigenvalue weighted by Gasteiger charge is -2.20. The van der Waals surface area contributed by atoms with Crippen molar-refractivity contribution in [3.63, 3.8) is 0 Å². The van der Waals surface area contributed by atoms with Gasteiger partial charge >= 0.3 is 0 Å². The molecular formula is C15H16Cl2N2O. The maximum atomic E-state index is 6.03. The van der Waals surface area contributed by atoms with Gasteiger partial charge in [-0.2, -0.15) is 0 Å². The number of ether oxygens (including phenoxy) is 1. The van der Waals surface area contributed by atoms with Crippen molar-refractivity contribution in [2.45, 2.75) is 6.04 Å². The van der Waals surface area contributed by atoms with Crippen LogP contribution in [-0.2, 0) is 0 Å². The molecule has 0 saturated carbocycles. The van der Waals surface area contributed by atoms with Gasteiger partial charge in [0.25, 0.3) is 0 Å². The number of halogens is 2. The fourth-order valence-electron chi connectivity index (χ4n) is 2.01. The van der Waals surface area contributed by atoms with E-state index < -0.39 is 0 Å². The van der Waals surface area contributed by atoms with Crippen LogP contribution in [0.2, 0.25) is 10.0 Å². The molecule has 5 heteroatoms. The Balaban J connectivity index is 2.28. The standard InChI is InChI=1S/C15H16Cl2N2O/c1-20-15-5-3-2-4-13(15)19-14(9-18)10-6-11(16)8-12(17)7-10/h2-8,14,19H,9,18H2,1H3. The summed E-state index contributed by atoms with van der Waals surface area (Å²) in [6.07, 6.45) is 0. The second-order valence-electron chi connectivity index (χ2n) is 4.34. The Hall–Kier alpha value is -1.42. The lowest BCUT2D eigenvalue weighted by Crippen LogP contribution is -2.20. The minimum Gasteiger partial charge on any atom is -0.495 e. The Morgan fingerprint density at radius 3 is 2.40 bits per heavy atom. The third-order valence-corrected chi connectivity index (χ3v) is 3.40. The van der Waals surface area contributed by atoms with E-state index in [9.17, 15) is 0 Å². The van der Waals surface area contributed by atoms with E-state index in [0.717, 1.165) is 17.0 Å². The largest absolute Gasteiger partial charge is 0.495 e. The minimum absolute atomic E-state index is 0.0949. The van der Waals surface area contributed by atoms with Crippen molar-refractivity contribution in [1.29, 1.82) is 0 Å². The van der Waals surface area contributed by atoms with Gasteiger partial charge in [-0.05, 0) is 35.9 Å². The van der Waals surface area contributed by atoms with Gasteiger partial charge < -0.3 is 15.8 Å². The molecule has 0 aliphatic heterocycles. The first kappa shape index (κ1) is 15.0. The zero-order valence-corrected chi connectivity index (χ0v) is 12.6. The molecule has 0 fully saturated rings. The normalized spacial score (nSPS) is 12.0. The van der Waals surface area contributed by atoms with E-state index in [1.807, 2.05) is 36.4 Å². The number of hydrogen-bond donors (Lipinski definition) is 2. The van der Waals surface area contributed by atoms with Gasteiger partial charge in [-0.1, -0.05) is 35.3 Å². The van der Waals surface area contributed by atoms with Gasteiger partial charge in [-0.3, -0.25) is 0 Å². The van der Waals surface area contributed by atoms with E-state index in [1.54, 1.807) is 13.2 Å². The van der Waals surface area contributed by atoms with Crippen LogP contribution in [0.4, 0.5) is 5.69 Å². The summed E-state index contributed by atoms with van der Waals surface area (Å²) in [7, 11) is 1.63. The second-order valence-corrected chi connectivity index (χ2v) is 5.21. The van der Waals surface area contributed by atoms with E-state index in [4.69, 9.17) is 33.7 Å². The van der Waals surface area contributed by atoms with Crippen molar-refractivity contribution in [3.05, 3.63) is 58.1 Å². The first-order chi connectivity index (χ1) is 9.63. The van der Waals surface area contributed by atoms with Crippen molar-refractivity contribution in [2.75, 3.05) is 19.0 Å². The lowest BCUT2D eigenvalue weighted by molar-refractivity contribution is 0.416. The molecule has 106 valence electrons. The van der Waals surface area contributed by atoms with Crippen molar-refractivity contribution in [3.8, 4) is 5.75 Å². The molecule has 0 saturated heterocycles. The topological polar surface area (TPSA) is 47.3 Å². The van der Waals surface area contributed by atoms with Crippen LogP contribution in [0.1, 0.15) is 11.6 Å². The van der Waals surface area contributed by atoms with Gasteiger partial charge in [0.2, 0.25) is 0 Å². The van der Waals surface area contributed by atoms with Crippen LogP contribution in [-0.4, -0.2) is 13.7 Å². The molecule has 20 heavy (non-hydrogen) atoms. The number of nitrogens with one attached hydrogen (secondary N) is 1. The number of rotatable bonds is 5. The summed E-state index contributed by atoms with van der Waals surface area (Å²) in [5.41, 5.74) is 7.67. The number of methoxy groups -OCH3 is 1. The van der Waals surface area contributed by atoms with Gasteiger partial charge in [-0.25, -0.2) is 0 Å². The molecule has 1 atom stereocenters. The summed E-state index contributed by atoms with van der Waals surface area (Å²) in [6, 6.07) is 13.0. The summed E-state index contributed by atoms with van der Waals surface area (Å²) in [4.78, 5) is 0. The van der Waals surface area contributed by atoms with E-state index in [-0.39, 0.29) is 6.04 Å². The molecule has 0 aliphatic rings. The molecule has 0 amide bonds. The third kappa shape index (κ3) is 3.57. The number of hydrogen-bond acceptors (Lipinski definition) is 3. The Kier molecular flexibility index (Phi) is 5.12. The molecule has 0 heterocycles. The molecule has 2 aromatic carbocycles. The van der Waals surface area contributed by atoms with E-state index in [0.29, 0.717) is 16.6 Å². The third-order valence-electron chi connectivity index (χ3n) is 2.96. The molecule has 0 bridgehead atoms. The van der Waals surface area contributed by atoms with Crippen molar-refractivity contribution in [1.82, 2.24) is 0 Å². The Morgan fingerprint density at radius 2 is 1.80 bits per heavy atom. The number of nitrogens with two attached hydrogens (primary N) is 1. The van der Waals surface area contributed by atoms with E-state index in [1.165, 1.54) is 0 Å². The number of anilines is 1. The smallest absolute Gasteiger partial charge is 0.141 e. The number of para-hydroxylation sites is 2. The molecule has 0 aromatic heterocycles. The van der Waals surface area contributed by atoms with Gasteiger partial charge in [0.05, 0.1) is 18.8 Å². The van der Waals surface area contributed by atoms with Crippen LogP contribution in [0.3, 0.4) is 0 Å². The molecule has 0 radical (unpaired) electrons. The Bertz CT molecular complexity index is 570. The van der Waals surface area contributed by atoms with Crippen LogP contribution < -0.4 is 15.8 Å². The second kappa shape index (κ2) is 6.84. The van der Waals surface area contributed by atoms with Gasteiger partial charge in [0, 0.05) is 16.6 Å². The van der Waals surface area contributed by atoms with Crippen molar-refractivity contribution >= 4 is 28.9 Å². The summed E-state index contributed by atoms with van der Waals surface area (Å²) in [5, 5.41) is 4.53. The van der Waals surface area contributed by atoms with Crippen LogP contribution in [0, 0.1) is 0 Å². The maximum absolute atomic E-state index is 6.03. The monoisotopic (exact) mass is 310 g/mol. The molecule has 2 rings (SSSR count).